The Kier molecular flexibility index (Phi) is 5.20. The first kappa shape index (κ1) is 18.6. The molecule has 0 fully saturated rings. The SMILES string of the molecule is O=C(c1cccc(F)c1)N(Cc1cc(-c2ccc(F)cc2)on1)Cc1ccco1. The Balaban J connectivity index is 1.58. The Hall–Kier alpha value is -3.74. The van der Waals surface area contributed by atoms with Gasteiger partial charge in [0.25, 0.3) is 5.91 Å². The number of nitrogens with zero attached hydrogens (tertiary/aromatic N) is 2. The summed E-state index contributed by atoms with van der Waals surface area (Å²) < 4.78 is 37.4. The Morgan fingerprint density at radius 1 is 0.931 bits per heavy atom. The number of rotatable bonds is 6. The maximum Gasteiger partial charge on any atom is 0.254 e. The lowest BCUT2D eigenvalue weighted by atomic mass is 10.1. The number of hydrogen-bond donors (Lipinski definition) is 0. The Bertz CT molecular complexity index is 1110. The van der Waals surface area contributed by atoms with Crippen LogP contribution in [0, 0.1) is 11.6 Å². The van der Waals surface area contributed by atoms with Crippen molar-refractivity contribution in [2.45, 2.75) is 13.1 Å². The minimum atomic E-state index is -0.492. The third-order valence-electron chi connectivity index (χ3n) is 4.33. The summed E-state index contributed by atoms with van der Waals surface area (Å²) in [5.41, 5.74) is 1.39. The van der Waals surface area contributed by atoms with Crippen molar-refractivity contribution in [1.82, 2.24) is 10.1 Å². The lowest BCUT2D eigenvalue weighted by molar-refractivity contribution is 0.0713. The van der Waals surface area contributed by atoms with Gasteiger partial charge in [-0.1, -0.05) is 11.2 Å². The van der Waals surface area contributed by atoms with E-state index in [2.05, 4.69) is 5.16 Å². The van der Waals surface area contributed by atoms with E-state index in [1.807, 2.05) is 0 Å². The summed E-state index contributed by atoms with van der Waals surface area (Å²) >= 11 is 0. The number of benzene rings is 2. The molecule has 0 spiro atoms. The maximum absolute atomic E-state index is 13.6. The molecule has 0 aliphatic carbocycles. The van der Waals surface area contributed by atoms with E-state index in [0.29, 0.717) is 22.8 Å². The first-order chi connectivity index (χ1) is 14.1. The molecule has 0 saturated heterocycles. The van der Waals surface area contributed by atoms with Crippen LogP contribution in [0.5, 0.6) is 0 Å². The molecule has 0 atom stereocenters. The molecule has 0 bridgehead atoms. The number of halogens is 2. The van der Waals surface area contributed by atoms with Gasteiger partial charge in [0.15, 0.2) is 5.76 Å². The topological polar surface area (TPSA) is 59.5 Å². The molecule has 2 aromatic heterocycles. The summed E-state index contributed by atoms with van der Waals surface area (Å²) in [5, 5.41) is 4.01. The normalized spacial score (nSPS) is 10.8. The zero-order valence-electron chi connectivity index (χ0n) is 15.2. The van der Waals surface area contributed by atoms with E-state index in [0.717, 1.165) is 0 Å². The van der Waals surface area contributed by atoms with Gasteiger partial charge < -0.3 is 13.8 Å². The lowest BCUT2D eigenvalue weighted by Crippen LogP contribution is -2.30. The van der Waals surface area contributed by atoms with Crippen molar-refractivity contribution in [3.8, 4) is 11.3 Å². The van der Waals surface area contributed by atoms with Gasteiger partial charge in [0, 0.05) is 17.2 Å². The van der Waals surface area contributed by atoms with Gasteiger partial charge in [-0.05, 0) is 54.6 Å². The van der Waals surface area contributed by atoms with Gasteiger partial charge >= 0.3 is 0 Å². The summed E-state index contributed by atoms with van der Waals surface area (Å²) in [6.07, 6.45) is 1.52. The molecule has 2 heterocycles. The zero-order chi connectivity index (χ0) is 20.2. The predicted octanol–water partition coefficient (Wildman–Crippen LogP) is 5.06. The average molecular weight is 394 g/mol. The second kappa shape index (κ2) is 8.10. The van der Waals surface area contributed by atoms with Crippen LogP contribution in [0.25, 0.3) is 11.3 Å². The Morgan fingerprint density at radius 2 is 1.76 bits per heavy atom. The van der Waals surface area contributed by atoms with Gasteiger partial charge in [0.1, 0.15) is 23.1 Å². The highest BCUT2D eigenvalue weighted by atomic mass is 19.1. The van der Waals surface area contributed by atoms with Gasteiger partial charge in [-0.15, -0.1) is 0 Å². The summed E-state index contributed by atoms with van der Waals surface area (Å²) in [6, 6.07) is 16.5. The van der Waals surface area contributed by atoms with E-state index >= 15 is 0 Å². The van der Waals surface area contributed by atoms with E-state index in [9.17, 15) is 13.6 Å². The van der Waals surface area contributed by atoms with Crippen LogP contribution in [-0.2, 0) is 13.1 Å². The molecule has 0 saturated carbocycles. The van der Waals surface area contributed by atoms with E-state index in [1.54, 1.807) is 36.4 Å². The highest BCUT2D eigenvalue weighted by Gasteiger charge is 2.20. The van der Waals surface area contributed by atoms with Gasteiger partial charge in [-0.3, -0.25) is 4.79 Å². The van der Waals surface area contributed by atoms with Crippen LogP contribution in [0.4, 0.5) is 8.78 Å². The van der Waals surface area contributed by atoms with Crippen molar-refractivity contribution >= 4 is 5.91 Å². The van der Waals surface area contributed by atoms with Crippen molar-refractivity contribution in [2.75, 3.05) is 0 Å². The minimum absolute atomic E-state index is 0.126. The van der Waals surface area contributed by atoms with Crippen molar-refractivity contribution < 1.29 is 22.5 Å². The monoisotopic (exact) mass is 394 g/mol. The van der Waals surface area contributed by atoms with E-state index in [4.69, 9.17) is 8.94 Å². The van der Waals surface area contributed by atoms with Crippen molar-refractivity contribution in [3.63, 3.8) is 0 Å². The van der Waals surface area contributed by atoms with E-state index < -0.39 is 5.82 Å². The van der Waals surface area contributed by atoms with Crippen LogP contribution in [0.1, 0.15) is 21.8 Å². The second-order valence-corrected chi connectivity index (χ2v) is 6.44. The Labute approximate surface area is 165 Å². The largest absolute Gasteiger partial charge is 0.467 e. The van der Waals surface area contributed by atoms with Gasteiger partial charge in [0.2, 0.25) is 0 Å². The highest BCUT2D eigenvalue weighted by molar-refractivity contribution is 5.94. The fraction of sp³-hybridized carbons (Fsp3) is 0.0909. The van der Waals surface area contributed by atoms with Gasteiger partial charge in [0.05, 0.1) is 19.4 Å². The summed E-state index contributed by atoms with van der Waals surface area (Å²) in [5.74, 6) is -0.173. The van der Waals surface area contributed by atoms with Crippen LogP contribution in [0.2, 0.25) is 0 Å². The molecule has 0 radical (unpaired) electrons. The molecule has 1 amide bonds. The standard InChI is InChI=1S/C22H16F2N2O3/c23-17-8-6-15(7-9-17)21-12-19(25-29-21)13-26(14-20-5-2-10-28-20)22(27)16-3-1-4-18(24)11-16/h1-12H,13-14H2. The summed E-state index contributed by atoms with van der Waals surface area (Å²) in [6.45, 7) is 0.307. The van der Waals surface area contributed by atoms with Crippen LogP contribution < -0.4 is 0 Å². The minimum Gasteiger partial charge on any atom is -0.467 e. The molecule has 0 unspecified atom stereocenters. The van der Waals surface area contributed by atoms with Crippen LogP contribution in [0.3, 0.4) is 0 Å². The number of furan rings is 1. The first-order valence-electron chi connectivity index (χ1n) is 8.87. The molecular formula is C22H16F2N2O3. The molecule has 4 rings (SSSR count). The molecular weight excluding hydrogens is 378 g/mol. The first-order valence-corrected chi connectivity index (χ1v) is 8.87. The highest BCUT2D eigenvalue weighted by Crippen LogP contribution is 2.22. The zero-order valence-corrected chi connectivity index (χ0v) is 15.2. The number of carbonyl (C=O) groups is 1. The quantitative estimate of drug-likeness (QED) is 0.459. The molecule has 29 heavy (non-hydrogen) atoms. The maximum atomic E-state index is 13.6. The summed E-state index contributed by atoms with van der Waals surface area (Å²) in [7, 11) is 0. The lowest BCUT2D eigenvalue weighted by Gasteiger charge is -2.20. The molecule has 2 aromatic carbocycles. The Morgan fingerprint density at radius 3 is 2.48 bits per heavy atom. The van der Waals surface area contributed by atoms with Crippen LogP contribution in [0.15, 0.2) is 81.9 Å². The third kappa shape index (κ3) is 4.40. The van der Waals surface area contributed by atoms with Crippen molar-refractivity contribution in [1.29, 1.82) is 0 Å². The molecule has 146 valence electrons. The van der Waals surface area contributed by atoms with Gasteiger partial charge in [-0.25, -0.2) is 8.78 Å². The second-order valence-electron chi connectivity index (χ2n) is 6.44. The number of aromatic nitrogens is 1. The molecule has 0 N–H and O–H groups in total. The van der Waals surface area contributed by atoms with Crippen LogP contribution >= 0.6 is 0 Å². The number of hydrogen-bond acceptors (Lipinski definition) is 4. The number of carbonyl (C=O) groups excluding carboxylic acids is 1. The molecule has 7 heteroatoms. The third-order valence-corrected chi connectivity index (χ3v) is 4.33. The fourth-order valence-electron chi connectivity index (χ4n) is 2.93. The van der Waals surface area contributed by atoms with Crippen LogP contribution in [-0.4, -0.2) is 16.0 Å². The summed E-state index contributed by atoms with van der Waals surface area (Å²) in [4.78, 5) is 14.4. The molecule has 0 aliphatic heterocycles. The average Bonchev–Trinajstić information content (AvgIpc) is 3.40. The molecule has 4 aromatic rings. The fourth-order valence-corrected chi connectivity index (χ4v) is 2.93. The molecule has 5 nitrogen and oxygen atoms in total. The van der Waals surface area contributed by atoms with Crippen molar-refractivity contribution in [2.24, 2.45) is 0 Å². The van der Waals surface area contributed by atoms with E-state index in [1.165, 1.54) is 41.5 Å². The van der Waals surface area contributed by atoms with Gasteiger partial charge in [-0.2, -0.15) is 0 Å². The predicted molar refractivity (Wildman–Crippen MR) is 101 cm³/mol. The molecule has 0 aliphatic rings. The van der Waals surface area contributed by atoms with Crippen molar-refractivity contribution in [3.05, 3.63) is 102 Å². The number of amides is 1. The van der Waals surface area contributed by atoms with E-state index in [-0.39, 0.29) is 30.4 Å². The smallest absolute Gasteiger partial charge is 0.254 e.